The summed E-state index contributed by atoms with van der Waals surface area (Å²) >= 11 is 0. The first-order valence-corrected chi connectivity index (χ1v) is 9.14. The number of carbonyl (C=O) groups excluding carboxylic acids is 2. The molecule has 0 aliphatic carbocycles. The van der Waals surface area contributed by atoms with Crippen LogP contribution in [0.3, 0.4) is 0 Å². The van der Waals surface area contributed by atoms with Crippen LogP contribution in [0.15, 0.2) is 52.6 Å². The second-order valence-corrected chi connectivity index (χ2v) is 6.48. The Morgan fingerprint density at radius 2 is 2.04 bits per heavy atom. The van der Waals surface area contributed by atoms with Gasteiger partial charge in [0.1, 0.15) is 12.0 Å². The molecule has 1 atom stereocenters. The maximum atomic E-state index is 12.5. The molecule has 146 valence electrons. The normalized spacial score (nSPS) is 14.9. The second kappa shape index (κ2) is 9.50. The van der Waals surface area contributed by atoms with Crippen LogP contribution >= 0.6 is 0 Å². The van der Waals surface area contributed by atoms with Crippen LogP contribution in [-0.4, -0.2) is 41.8 Å². The smallest absolute Gasteiger partial charge is 0.355 e. The van der Waals surface area contributed by atoms with E-state index in [2.05, 4.69) is 15.3 Å². The Morgan fingerprint density at radius 1 is 1.21 bits per heavy atom. The molecule has 1 aromatic heterocycles. The number of unbranched alkanes of at least 4 members (excludes halogenated alkanes) is 1. The molecule has 28 heavy (non-hydrogen) atoms. The van der Waals surface area contributed by atoms with E-state index in [0.29, 0.717) is 24.5 Å². The van der Waals surface area contributed by atoms with Crippen molar-refractivity contribution in [3.63, 3.8) is 0 Å². The molecule has 3 rings (SSSR count). The largest absolute Gasteiger partial charge is 0.461 e. The number of anilines is 1. The third-order valence-corrected chi connectivity index (χ3v) is 4.28. The minimum atomic E-state index is -0.685. The number of nitrogens with two attached hydrogens (primary N) is 1. The number of ether oxygens (including phenoxy) is 1. The standard InChI is InChI=1S/C20H23N5O3/c21-20(27)24-17-10-18(25(13-17)12-15-6-2-1-3-7-15)19(26)28-9-5-4-8-16-11-22-14-23-16/h1-3,6-7,10-11,13-14,16H,4-5,8-9,12H2,(H3,21,24,27)/t16-/m0/s1. The van der Waals surface area contributed by atoms with E-state index in [1.165, 1.54) is 0 Å². The predicted octanol–water partition coefficient (Wildman–Crippen LogP) is 2.84. The van der Waals surface area contributed by atoms with Crippen molar-refractivity contribution in [1.29, 1.82) is 0 Å². The minimum absolute atomic E-state index is 0.140. The Labute approximate surface area is 163 Å². The highest BCUT2D eigenvalue weighted by Gasteiger charge is 2.16. The van der Waals surface area contributed by atoms with Crippen molar-refractivity contribution >= 4 is 30.2 Å². The molecule has 2 aromatic rings. The molecule has 3 N–H and O–H groups in total. The number of amides is 2. The molecular weight excluding hydrogens is 358 g/mol. The zero-order chi connectivity index (χ0) is 19.8. The fraction of sp³-hybridized carbons (Fsp3) is 0.300. The highest BCUT2D eigenvalue weighted by molar-refractivity contribution is 5.93. The van der Waals surface area contributed by atoms with Crippen molar-refractivity contribution in [3.05, 3.63) is 53.9 Å². The van der Waals surface area contributed by atoms with Crippen molar-refractivity contribution in [3.8, 4) is 0 Å². The first-order chi connectivity index (χ1) is 13.6. The van der Waals surface area contributed by atoms with E-state index in [0.717, 1.165) is 24.8 Å². The van der Waals surface area contributed by atoms with Gasteiger partial charge in [-0.25, -0.2) is 14.6 Å². The minimum Gasteiger partial charge on any atom is -0.461 e. The monoisotopic (exact) mass is 381 g/mol. The summed E-state index contributed by atoms with van der Waals surface area (Å²) in [6.45, 7) is 0.798. The number of nitrogens with zero attached hydrogens (tertiary/aromatic N) is 3. The predicted molar refractivity (Wildman–Crippen MR) is 108 cm³/mol. The van der Waals surface area contributed by atoms with Crippen molar-refractivity contribution in [2.24, 2.45) is 15.7 Å². The maximum Gasteiger partial charge on any atom is 0.355 e. The quantitative estimate of drug-likeness (QED) is 0.514. The van der Waals surface area contributed by atoms with Crippen molar-refractivity contribution in [2.45, 2.75) is 31.8 Å². The maximum absolute atomic E-state index is 12.5. The third-order valence-electron chi connectivity index (χ3n) is 4.28. The molecule has 1 aliphatic heterocycles. The lowest BCUT2D eigenvalue weighted by Crippen LogP contribution is -2.18. The lowest BCUT2D eigenvalue weighted by Gasteiger charge is -2.09. The van der Waals surface area contributed by atoms with Gasteiger partial charge in [-0.2, -0.15) is 0 Å². The number of primary amides is 1. The van der Waals surface area contributed by atoms with Crippen LogP contribution in [-0.2, 0) is 11.3 Å². The van der Waals surface area contributed by atoms with Gasteiger partial charge >= 0.3 is 12.0 Å². The van der Waals surface area contributed by atoms with Crippen LogP contribution in [0.2, 0.25) is 0 Å². The van der Waals surface area contributed by atoms with E-state index in [-0.39, 0.29) is 6.04 Å². The van der Waals surface area contributed by atoms with Gasteiger partial charge in [0.2, 0.25) is 0 Å². The van der Waals surface area contributed by atoms with Gasteiger partial charge < -0.3 is 20.4 Å². The first kappa shape index (κ1) is 19.3. The first-order valence-electron chi connectivity index (χ1n) is 9.14. The van der Waals surface area contributed by atoms with Crippen LogP contribution in [0, 0.1) is 0 Å². The van der Waals surface area contributed by atoms with Crippen LogP contribution in [0.25, 0.3) is 0 Å². The van der Waals surface area contributed by atoms with Crippen LogP contribution < -0.4 is 11.1 Å². The molecule has 1 aliphatic rings. The molecule has 0 unspecified atom stereocenters. The highest BCUT2D eigenvalue weighted by atomic mass is 16.5. The molecule has 0 fully saturated rings. The molecule has 2 heterocycles. The summed E-state index contributed by atoms with van der Waals surface area (Å²) in [5, 5.41) is 2.50. The Morgan fingerprint density at radius 3 is 2.75 bits per heavy atom. The average Bonchev–Trinajstić information content (AvgIpc) is 3.32. The molecule has 0 saturated carbocycles. The second-order valence-electron chi connectivity index (χ2n) is 6.48. The van der Waals surface area contributed by atoms with E-state index in [9.17, 15) is 9.59 Å². The number of rotatable bonds is 9. The fourth-order valence-electron chi connectivity index (χ4n) is 2.95. The number of aromatic nitrogens is 1. The fourth-order valence-corrected chi connectivity index (χ4v) is 2.95. The Balaban J connectivity index is 1.58. The zero-order valence-corrected chi connectivity index (χ0v) is 15.5. The lowest BCUT2D eigenvalue weighted by molar-refractivity contribution is 0.0486. The number of benzene rings is 1. The summed E-state index contributed by atoms with van der Waals surface area (Å²) in [6.07, 6.45) is 7.57. The lowest BCUT2D eigenvalue weighted by atomic mass is 10.1. The zero-order valence-electron chi connectivity index (χ0n) is 15.5. The number of nitrogens with one attached hydrogen (secondary N) is 1. The number of esters is 1. The molecule has 0 bridgehead atoms. The van der Waals surface area contributed by atoms with Gasteiger partial charge in [0, 0.05) is 19.0 Å². The Hall–Kier alpha value is -3.42. The van der Waals surface area contributed by atoms with Gasteiger partial charge in [0.05, 0.1) is 18.3 Å². The molecule has 8 nitrogen and oxygen atoms in total. The molecule has 0 radical (unpaired) electrons. The topological polar surface area (TPSA) is 111 Å². The third kappa shape index (κ3) is 5.54. The summed E-state index contributed by atoms with van der Waals surface area (Å²) in [5.41, 5.74) is 7.02. The summed E-state index contributed by atoms with van der Waals surface area (Å²) in [7, 11) is 0. The van der Waals surface area contributed by atoms with Gasteiger partial charge in [0.25, 0.3) is 0 Å². The highest BCUT2D eigenvalue weighted by Crippen LogP contribution is 2.17. The van der Waals surface area contributed by atoms with Gasteiger partial charge in [-0.1, -0.05) is 30.3 Å². The summed E-state index contributed by atoms with van der Waals surface area (Å²) in [6, 6.07) is 10.7. The van der Waals surface area contributed by atoms with Crippen molar-refractivity contribution in [1.82, 2.24) is 4.57 Å². The van der Waals surface area contributed by atoms with Crippen molar-refractivity contribution in [2.75, 3.05) is 11.9 Å². The Bertz CT molecular complexity index is 861. The van der Waals surface area contributed by atoms with E-state index >= 15 is 0 Å². The van der Waals surface area contributed by atoms with E-state index in [1.807, 2.05) is 36.5 Å². The Kier molecular flexibility index (Phi) is 6.56. The van der Waals surface area contributed by atoms with Gasteiger partial charge in [-0.15, -0.1) is 0 Å². The molecule has 8 heteroatoms. The number of hydrogen-bond acceptors (Lipinski definition) is 5. The molecular formula is C20H23N5O3. The van der Waals surface area contributed by atoms with E-state index in [4.69, 9.17) is 10.5 Å². The van der Waals surface area contributed by atoms with Gasteiger partial charge in [0.15, 0.2) is 0 Å². The number of urea groups is 1. The van der Waals surface area contributed by atoms with Gasteiger partial charge in [-0.3, -0.25) is 4.99 Å². The summed E-state index contributed by atoms with van der Waals surface area (Å²) < 4.78 is 7.16. The van der Waals surface area contributed by atoms with E-state index in [1.54, 1.807) is 23.2 Å². The number of carbonyl (C=O) groups is 2. The number of aliphatic imine (C=N–C) groups is 2. The van der Waals surface area contributed by atoms with Gasteiger partial charge in [-0.05, 0) is 30.9 Å². The number of hydrogen-bond donors (Lipinski definition) is 2. The average molecular weight is 381 g/mol. The molecule has 2 amide bonds. The molecule has 0 spiro atoms. The summed E-state index contributed by atoms with van der Waals surface area (Å²) in [5.74, 6) is -0.436. The summed E-state index contributed by atoms with van der Waals surface area (Å²) in [4.78, 5) is 31.8. The van der Waals surface area contributed by atoms with Crippen LogP contribution in [0.5, 0.6) is 0 Å². The van der Waals surface area contributed by atoms with Crippen LogP contribution in [0.4, 0.5) is 10.5 Å². The SMILES string of the molecule is NC(=O)Nc1cc(C(=O)OCCCC[C@H]2C=NC=N2)n(Cc2ccccc2)c1. The van der Waals surface area contributed by atoms with Crippen LogP contribution in [0.1, 0.15) is 35.3 Å². The molecule has 0 saturated heterocycles. The van der Waals surface area contributed by atoms with E-state index < -0.39 is 12.0 Å². The van der Waals surface area contributed by atoms with Crippen molar-refractivity contribution < 1.29 is 14.3 Å². The molecule has 1 aromatic carbocycles.